The zero-order valence-electron chi connectivity index (χ0n) is 14.7. The Morgan fingerprint density at radius 1 is 1.12 bits per heavy atom. The van der Waals surface area contributed by atoms with Gasteiger partial charge in [-0.05, 0) is 44.4 Å². The lowest BCUT2D eigenvalue weighted by atomic mass is 9.95. The van der Waals surface area contributed by atoms with Gasteiger partial charge in [0.15, 0.2) is 0 Å². The van der Waals surface area contributed by atoms with Crippen molar-refractivity contribution < 1.29 is 9.84 Å². The van der Waals surface area contributed by atoms with Crippen LogP contribution in [0.2, 0.25) is 0 Å². The molecule has 1 atom stereocenters. The summed E-state index contributed by atoms with van der Waals surface area (Å²) in [6, 6.07) is 14.1. The lowest BCUT2D eigenvalue weighted by Gasteiger charge is -2.28. The molecule has 25 heavy (non-hydrogen) atoms. The van der Waals surface area contributed by atoms with Gasteiger partial charge in [-0.15, -0.1) is 24.8 Å². The van der Waals surface area contributed by atoms with Crippen LogP contribution in [0, 0.1) is 0 Å². The molecule has 0 saturated carbocycles. The van der Waals surface area contributed by atoms with E-state index in [4.69, 9.17) is 4.74 Å². The Bertz CT molecular complexity index is 568. The minimum absolute atomic E-state index is 0. The number of halogens is 2. The molecule has 0 fully saturated rings. The molecule has 0 radical (unpaired) electrons. The third-order valence-corrected chi connectivity index (χ3v) is 3.77. The van der Waals surface area contributed by atoms with Gasteiger partial charge in [0.1, 0.15) is 18.5 Å². The van der Waals surface area contributed by atoms with E-state index >= 15 is 0 Å². The molecule has 0 aliphatic carbocycles. The minimum Gasteiger partial charge on any atom is -0.489 e. The van der Waals surface area contributed by atoms with Gasteiger partial charge in [-0.1, -0.05) is 30.3 Å². The number of ether oxygens (including phenoxy) is 1. The second-order valence-corrected chi connectivity index (χ2v) is 6.40. The van der Waals surface area contributed by atoms with Gasteiger partial charge in [0.05, 0.1) is 6.20 Å². The Morgan fingerprint density at radius 2 is 1.84 bits per heavy atom. The van der Waals surface area contributed by atoms with E-state index in [2.05, 4.69) is 48.4 Å². The van der Waals surface area contributed by atoms with Crippen LogP contribution in [0.4, 0.5) is 0 Å². The van der Waals surface area contributed by atoms with E-state index in [1.807, 2.05) is 18.2 Å². The molecular formula is C19H28Cl2N2O2. The summed E-state index contributed by atoms with van der Waals surface area (Å²) in [5.41, 5.74) is 1.30. The normalized spacial score (nSPS) is 11.8. The quantitative estimate of drug-likeness (QED) is 0.690. The first kappa shape index (κ1) is 23.7. The van der Waals surface area contributed by atoms with Crippen LogP contribution in [0.1, 0.15) is 25.8 Å². The molecule has 0 spiro atoms. The van der Waals surface area contributed by atoms with E-state index in [1.165, 1.54) is 5.56 Å². The topological polar surface area (TPSA) is 54.4 Å². The Labute approximate surface area is 162 Å². The predicted octanol–water partition coefficient (Wildman–Crippen LogP) is 3.67. The monoisotopic (exact) mass is 386 g/mol. The number of hydrogen-bond acceptors (Lipinski definition) is 4. The maximum Gasteiger partial charge on any atom is 0.137 e. The first-order chi connectivity index (χ1) is 11.1. The van der Waals surface area contributed by atoms with Crippen LogP contribution in [0.3, 0.4) is 0 Å². The number of aliphatic hydroxyl groups excluding tert-OH is 1. The van der Waals surface area contributed by atoms with Crippen LogP contribution >= 0.6 is 24.8 Å². The summed E-state index contributed by atoms with van der Waals surface area (Å²) < 4.78 is 5.51. The van der Waals surface area contributed by atoms with Crippen LogP contribution in [0.15, 0.2) is 54.9 Å². The average Bonchev–Trinajstić information content (AvgIpc) is 2.58. The van der Waals surface area contributed by atoms with Crippen LogP contribution in [0.25, 0.3) is 0 Å². The fourth-order valence-corrected chi connectivity index (χ4v) is 2.27. The number of nitrogens with zero attached hydrogens (tertiary/aromatic N) is 1. The van der Waals surface area contributed by atoms with Crippen LogP contribution in [-0.2, 0) is 6.42 Å². The Kier molecular flexibility index (Phi) is 11.4. The van der Waals surface area contributed by atoms with Crippen molar-refractivity contribution in [2.24, 2.45) is 0 Å². The van der Waals surface area contributed by atoms with Gasteiger partial charge in [-0.2, -0.15) is 0 Å². The molecule has 140 valence electrons. The average molecular weight is 387 g/mol. The van der Waals surface area contributed by atoms with Gasteiger partial charge in [0.25, 0.3) is 0 Å². The Balaban J connectivity index is 0.00000288. The van der Waals surface area contributed by atoms with Crippen molar-refractivity contribution in [3.05, 3.63) is 60.4 Å². The summed E-state index contributed by atoms with van der Waals surface area (Å²) >= 11 is 0. The van der Waals surface area contributed by atoms with Crippen molar-refractivity contribution >= 4 is 24.8 Å². The summed E-state index contributed by atoms with van der Waals surface area (Å²) in [6.45, 7) is 5.07. The summed E-state index contributed by atoms with van der Waals surface area (Å²) in [6.07, 6.45) is 4.81. The lowest BCUT2D eigenvalue weighted by molar-refractivity contribution is 0.0980. The third-order valence-electron chi connectivity index (χ3n) is 3.77. The second kappa shape index (κ2) is 12.1. The maximum atomic E-state index is 10.1. The first-order valence-electron chi connectivity index (χ1n) is 8.05. The lowest BCUT2D eigenvalue weighted by Crippen LogP contribution is -2.45. The highest BCUT2D eigenvalue weighted by Crippen LogP contribution is 2.13. The van der Waals surface area contributed by atoms with E-state index < -0.39 is 6.10 Å². The number of rotatable bonds is 9. The van der Waals surface area contributed by atoms with E-state index in [9.17, 15) is 5.11 Å². The fraction of sp³-hybridized carbons (Fsp3) is 0.421. The highest BCUT2D eigenvalue weighted by Gasteiger charge is 2.18. The standard InChI is InChI=1S/C19H26N2O2.2ClH/c1-19(2,11-10-16-7-4-3-5-8-16)21-13-17(22)15-23-18-9-6-12-20-14-18;;/h3-9,12,14,17,21-22H,10-11,13,15H2,1-2H3;2*1H. The van der Waals surface area contributed by atoms with E-state index in [1.54, 1.807) is 12.4 Å². The zero-order chi connectivity index (χ0) is 16.5. The largest absolute Gasteiger partial charge is 0.489 e. The van der Waals surface area contributed by atoms with E-state index in [0.717, 1.165) is 12.8 Å². The molecule has 2 rings (SSSR count). The molecule has 0 aliphatic rings. The molecule has 1 aromatic heterocycles. The van der Waals surface area contributed by atoms with Gasteiger partial charge in [-0.25, -0.2) is 0 Å². The predicted molar refractivity (Wildman–Crippen MR) is 107 cm³/mol. The molecule has 1 aromatic carbocycles. The maximum absolute atomic E-state index is 10.1. The molecule has 1 heterocycles. The molecule has 0 saturated heterocycles. The summed E-state index contributed by atoms with van der Waals surface area (Å²) in [7, 11) is 0. The molecule has 4 nitrogen and oxygen atoms in total. The number of hydrogen-bond donors (Lipinski definition) is 2. The molecule has 1 unspecified atom stereocenters. The van der Waals surface area contributed by atoms with Gasteiger partial charge in [-0.3, -0.25) is 4.98 Å². The van der Waals surface area contributed by atoms with Crippen LogP contribution in [0.5, 0.6) is 5.75 Å². The van der Waals surface area contributed by atoms with Crippen molar-refractivity contribution in [2.75, 3.05) is 13.2 Å². The van der Waals surface area contributed by atoms with Crippen LogP contribution in [-0.4, -0.2) is 34.9 Å². The van der Waals surface area contributed by atoms with Gasteiger partial charge in [0.2, 0.25) is 0 Å². The molecule has 0 amide bonds. The van der Waals surface area contributed by atoms with Crippen molar-refractivity contribution in [1.82, 2.24) is 10.3 Å². The minimum atomic E-state index is -0.550. The number of nitrogens with one attached hydrogen (secondary N) is 1. The smallest absolute Gasteiger partial charge is 0.137 e. The summed E-state index contributed by atoms with van der Waals surface area (Å²) in [4.78, 5) is 3.98. The molecular weight excluding hydrogens is 359 g/mol. The van der Waals surface area contributed by atoms with Crippen LogP contribution < -0.4 is 10.1 Å². The number of aliphatic hydroxyl groups is 1. The van der Waals surface area contributed by atoms with Crippen molar-refractivity contribution in [3.63, 3.8) is 0 Å². The van der Waals surface area contributed by atoms with Crippen molar-refractivity contribution in [2.45, 2.75) is 38.3 Å². The third kappa shape index (κ3) is 9.66. The Morgan fingerprint density at radius 3 is 2.48 bits per heavy atom. The highest BCUT2D eigenvalue weighted by atomic mass is 35.5. The number of aryl methyl sites for hydroxylation is 1. The zero-order valence-corrected chi connectivity index (χ0v) is 16.4. The number of benzene rings is 1. The molecule has 0 aliphatic heterocycles. The molecule has 2 aromatic rings. The number of β-amino-alcohol motifs (C(OH)–C–C–N with tert-alkyl or cyclic N) is 1. The highest BCUT2D eigenvalue weighted by molar-refractivity contribution is 5.85. The van der Waals surface area contributed by atoms with Crippen molar-refractivity contribution in [1.29, 1.82) is 0 Å². The Hall–Kier alpha value is -1.33. The number of aromatic nitrogens is 1. The van der Waals surface area contributed by atoms with E-state index in [0.29, 0.717) is 12.3 Å². The SMILES string of the molecule is CC(C)(CCc1ccccc1)NCC(O)COc1cccnc1.Cl.Cl. The van der Waals surface area contributed by atoms with Gasteiger partial charge >= 0.3 is 0 Å². The molecule has 6 heteroatoms. The second-order valence-electron chi connectivity index (χ2n) is 6.40. The molecule has 2 N–H and O–H groups in total. The summed E-state index contributed by atoms with van der Waals surface area (Å²) in [5.74, 6) is 0.676. The number of pyridine rings is 1. The van der Waals surface area contributed by atoms with Crippen molar-refractivity contribution in [3.8, 4) is 5.75 Å². The first-order valence-corrected chi connectivity index (χ1v) is 8.05. The summed E-state index contributed by atoms with van der Waals surface area (Å²) in [5, 5.41) is 13.5. The van der Waals surface area contributed by atoms with Gasteiger partial charge in [0, 0.05) is 18.3 Å². The fourth-order valence-electron chi connectivity index (χ4n) is 2.27. The van der Waals surface area contributed by atoms with Gasteiger partial charge < -0.3 is 15.2 Å². The molecule has 0 bridgehead atoms. The van der Waals surface area contributed by atoms with E-state index in [-0.39, 0.29) is 37.0 Å².